The third kappa shape index (κ3) is 5.88. The molecule has 0 aliphatic carbocycles. The number of alkyl halides is 3. The first-order valence-corrected chi connectivity index (χ1v) is 12.5. The van der Waals surface area contributed by atoms with Gasteiger partial charge in [0.05, 0.1) is 20.3 Å². The summed E-state index contributed by atoms with van der Waals surface area (Å²) in [7, 11) is -0.0526. The van der Waals surface area contributed by atoms with Crippen molar-refractivity contribution in [3.63, 3.8) is 0 Å². The number of benzene rings is 2. The van der Waals surface area contributed by atoms with Crippen LogP contribution in [-0.2, 0) is 15.6 Å². The predicted octanol–water partition coefficient (Wildman–Crippen LogP) is 5.77. The van der Waals surface area contributed by atoms with E-state index >= 15 is 0 Å². The van der Waals surface area contributed by atoms with Gasteiger partial charge in [-0.2, -0.15) is 13.2 Å². The van der Waals surface area contributed by atoms with Gasteiger partial charge in [0.15, 0.2) is 22.3 Å². The lowest BCUT2D eigenvalue weighted by molar-refractivity contribution is -0.117. The van der Waals surface area contributed by atoms with E-state index in [1.165, 1.54) is 37.6 Å². The third-order valence-electron chi connectivity index (χ3n) is 5.84. The van der Waals surface area contributed by atoms with Crippen molar-refractivity contribution in [1.29, 1.82) is 0 Å². The molecule has 198 valence electrons. The lowest BCUT2D eigenvalue weighted by Gasteiger charge is -2.15. The Morgan fingerprint density at radius 3 is 2.55 bits per heavy atom. The number of halogens is 3. The average molecular weight is 544 g/mol. The van der Waals surface area contributed by atoms with Crippen LogP contribution in [0.2, 0.25) is 0 Å². The van der Waals surface area contributed by atoms with Crippen molar-refractivity contribution in [2.24, 2.45) is 0 Å². The van der Waals surface area contributed by atoms with Gasteiger partial charge in [0.2, 0.25) is 5.91 Å². The maximum atomic E-state index is 12.9. The molecule has 1 unspecified atom stereocenters. The number of aromatic amines is 1. The summed E-state index contributed by atoms with van der Waals surface area (Å²) >= 11 is 0. The number of nitrogens with zero attached hydrogens (tertiary/aromatic N) is 1. The number of amides is 1. The van der Waals surface area contributed by atoms with Gasteiger partial charge in [-0.15, -0.1) is 0 Å². The molecular formula is C27H24F3N3O4S. The Bertz CT molecular complexity index is 1530. The molecule has 7 nitrogen and oxygen atoms in total. The summed E-state index contributed by atoms with van der Waals surface area (Å²) in [5, 5.41) is 3.56. The zero-order valence-corrected chi connectivity index (χ0v) is 21.4. The number of methoxy groups -OCH3 is 2. The summed E-state index contributed by atoms with van der Waals surface area (Å²) in [5.41, 5.74) is -1.83. The highest BCUT2D eigenvalue weighted by Gasteiger charge is 2.38. The second kappa shape index (κ2) is 11.1. The molecule has 0 fully saturated rings. The Morgan fingerprint density at radius 1 is 1.08 bits per heavy atom. The van der Waals surface area contributed by atoms with Crippen molar-refractivity contribution in [1.82, 2.24) is 15.3 Å². The molecule has 0 saturated heterocycles. The molecule has 11 heteroatoms. The molecule has 2 atom stereocenters. The van der Waals surface area contributed by atoms with Gasteiger partial charge < -0.3 is 19.8 Å². The van der Waals surface area contributed by atoms with Gasteiger partial charge in [-0.1, -0.05) is 18.2 Å². The number of pyridine rings is 1. The number of ether oxygens (including phenoxy) is 2. The topological polar surface area (TPSA) is 93.3 Å². The number of hydrogen-bond donors (Lipinski definition) is 2. The standard InChI is InChI=1S/C27H24F3N3O4S/c1-16(17-7-9-23(36-2)24(13-17)37-3)33-25(34)10-8-19-14-31-26-22(19)12-20(15-32-26)18-5-4-6-21(11-18)38(35)27(28,29)30/h4-16H,1-3H3,(H,31,32)(H,33,34)/b10-8+/t16-,38?/m1/s1. The molecule has 4 aromatic rings. The Morgan fingerprint density at radius 2 is 1.84 bits per heavy atom. The number of hydrogen-bond acceptors (Lipinski definition) is 5. The summed E-state index contributed by atoms with van der Waals surface area (Å²) in [6.07, 6.45) is 6.20. The minimum atomic E-state index is -4.85. The second-order valence-corrected chi connectivity index (χ2v) is 9.76. The molecule has 0 bridgehead atoms. The number of fused-ring (bicyclic) bond motifs is 1. The lowest BCUT2D eigenvalue weighted by Crippen LogP contribution is -2.24. The Hall–Kier alpha value is -4.12. The van der Waals surface area contributed by atoms with Gasteiger partial charge >= 0.3 is 5.51 Å². The molecule has 0 aliphatic rings. The summed E-state index contributed by atoms with van der Waals surface area (Å²) in [6, 6.07) is 12.3. The molecule has 2 aromatic heterocycles. The molecule has 0 aliphatic heterocycles. The fourth-order valence-corrected chi connectivity index (χ4v) is 4.58. The quantitative estimate of drug-likeness (QED) is 0.276. The van der Waals surface area contributed by atoms with Crippen molar-refractivity contribution >= 4 is 33.8 Å². The fourth-order valence-electron chi connectivity index (χ4n) is 3.88. The first-order chi connectivity index (χ1) is 18.1. The zero-order chi connectivity index (χ0) is 27.4. The highest BCUT2D eigenvalue weighted by Crippen LogP contribution is 2.31. The van der Waals surface area contributed by atoms with Gasteiger partial charge in [-0.25, -0.2) is 9.19 Å². The average Bonchev–Trinajstić information content (AvgIpc) is 3.32. The monoisotopic (exact) mass is 543 g/mol. The van der Waals surface area contributed by atoms with Crippen LogP contribution in [0.15, 0.2) is 71.9 Å². The highest BCUT2D eigenvalue weighted by molar-refractivity contribution is 7.86. The van der Waals surface area contributed by atoms with E-state index in [4.69, 9.17) is 9.47 Å². The van der Waals surface area contributed by atoms with Crippen LogP contribution in [0, 0.1) is 0 Å². The highest BCUT2D eigenvalue weighted by atomic mass is 32.2. The maximum absolute atomic E-state index is 12.9. The van der Waals surface area contributed by atoms with E-state index in [1.807, 2.05) is 13.0 Å². The van der Waals surface area contributed by atoms with E-state index in [2.05, 4.69) is 15.3 Å². The minimum Gasteiger partial charge on any atom is -0.493 e. The molecule has 2 heterocycles. The number of H-pyrrole nitrogens is 1. The molecule has 0 saturated carbocycles. The van der Waals surface area contributed by atoms with Gasteiger partial charge in [0.25, 0.3) is 0 Å². The van der Waals surface area contributed by atoms with E-state index in [1.54, 1.807) is 43.6 Å². The van der Waals surface area contributed by atoms with Crippen molar-refractivity contribution < 1.29 is 31.6 Å². The first kappa shape index (κ1) is 26.9. The molecule has 1 amide bonds. The molecule has 0 spiro atoms. The van der Waals surface area contributed by atoms with Gasteiger partial charge in [0, 0.05) is 39.9 Å². The SMILES string of the molecule is COc1ccc([C@@H](C)NC(=O)/C=C/c2c[nH]c3ncc(-c4cccc(S(=O)C(F)(F)F)c4)cc23)cc1OC. The normalized spacial score (nSPS) is 13.4. The van der Waals surface area contributed by atoms with E-state index in [0.29, 0.717) is 39.2 Å². The van der Waals surface area contributed by atoms with Crippen molar-refractivity contribution in [3.05, 3.63) is 78.1 Å². The Kier molecular flexibility index (Phi) is 7.86. The largest absolute Gasteiger partial charge is 0.493 e. The molecule has 38 heavy (non-hydrogen) atoms. The number of nitrogens with one attached hydrogen (secondary N) is 2. The van der Waals surface area contributed by atoms with Crippen LogP contribution in [0.3, 0.4) is 0 Å². The van der Waals surface area contributed by atoms with Crippen molar-refractivity contribution in [2.45, 2.75) is 23.4 Å². The van der Waals surface area contributed by atoms with E-state index < -0.39 is 16.3 Å². The van der Waals surface area contributed by atoms with Crippen LogP contribution < -0.4 is 14.8 Å². The van der Waals surface area contributed by atoms with E-state index in [0.717, 1.165) is 5.56 Å². The summed E-state index contributed by atoms with van der Waals surface area (Å²) < 4.78 is 61.1. The molecular weight excluding hydrogens is 519 g/mol. The molecule has 2 N–H and O–H groups in total. The van der Waals surface area contributed by atoms with Crippen LogP contribution in [0.1, 0.15) is 24.1 Å². The predicted molar refractivity (Wildman–Crippen MR) is 139 cm³/mol. The van der Waals surface area contributed by atoms with Crippen LogP contribution in [0.5, 0.6) is 11.5 Å². The van der Waals surface area contributed by atoms with Gasteiger partial charge in [0.1, 0.15) is 5.65 Å². The van der Waals surface area contributed by atoms with Crippen molar-refractivity contribution in [2.75, 3.05) is 14.2 Å². The summed E-state index contributed by atoms with van der Waals surface area (Å²) in [4.78, 5) is 19.6. The summed E-state index contributed by atoms with van der Waals surface area (Å²) in [6.45, 7) is 1.84. The zero-order valence-electron chi connectivity index (χ0n) is 20.6. The number of carbonyl (C=O) groups excluding carboxylic acids is 1. The Labute approximate surface area is 219 Å². The molecule has 2 aromatic carbocycles. The van der Waals surface area contributed by atoms with Crippen LogP contribution in [0.4, 0.5) is 13.2 Å². The smallest absolute Gasteiger partial charge is 0.475 e. The third-order valence-corrected chi connectivity index (χ3v) is 6.94. The molecule has 0 radical (unpaired) electrons. The fraction of sp³-hybridized carbons (Fsp3) is 0.185. The maximum Gasteiger partial charge on any atom is 0.475 e. The van der Waals surface area contributed by atoms with Gasteiger partial charge in [-0.05, 0) is 54.5 Å². The van der Waals surface area contributed by atoms with Crippen molar-refractivity contribution in [3.8, 4) is 22.6 Å². The number of aromatic nitrogens is 2. The first-order valence-electron chi connectivity index (χ1n) is 11.4. The van der Waals surface area contributed by atoms with Crippen LogP contribution in [0.25, 0.3) is 28.2 Å². The van der Waals surface area contributed by atoms with E-state index in [-0.39, 0.29) is 16.8 Å². The second-order valence-electron chi connectivity index (χ2n) is 8.28. The van der Waals surface area contributed by atoms with Gasteiger partial charge in [-0.3, -0.25) is 4.79 Å². The number of rotatable bonds is 8. The molecule has 4 rings (SSSR count). The number of carbonyl (C=O) groups is 1. The van der Waals surface area contributed by atoms with E-state index in [9.17, 15) is 22.2 Å². The van der Waals surface area contributed by atoms with Crippen LogP contribution in [-0.4, -0.2) is 39.8 Å². The Balaban J connectivity index is 1.53. The summed E-state index contributed by atoms with van der Waals surface area (Å²) in [5.74, 6) is 0.814. The van der Waals surface area contributed by atoms with Crippen LogP contribution >= 0.6 is 0 Å². The minimum absolute atomic E-state index is 0.308. The lowest BCUT2D eigenvalue weighted by atomic mass is 10.1.